The van der Waals surface area contributed by atoms with Gasteiger partial charge in [0.2, 0.25) is 0 Å². The lowest BCUT2D eigenvalue weighted by molar-refractivity contribution is 0.430. The molecule has 2 atom stereocenters. The van der Waals surface area contributed by atoms with Gasteiger partial charge in [-0.25, -0.2) is 4.39 Å². The predicted octanol–water partition coefficient (Wildman–Crippen LogP) is 5.77. The zero-order valence-corrected chi connectivity index (χ0v) is 16.5. The largest absolute Gasteiger partial charge is 0.507 e. The van der Waals surface area contributed by atoms with Crippen LogP contribution in [0.4, 0.5) is 4.39 Å². The first kappa shape index (κ1) is 18.9. The Morgan fingerprint density at radius 2 is 1.62 bits per heavy atom. The topological polar surface area (TPSA) is 20.2 Å². The second kappa shape index (κ2) is 6.84. The van der Waals surface area contributed by atoms with Crippen molar-refractivity contribution >= 4 is 13.9 Å². The number of rotatable bonds is 4. The standard InChI is InChI=1S/C21H28FOP/c1-7-21(6,24-18-11-9-8-10-17(18)22)16-13-14(2)12-15(19(16)23)20(3,4)5/h8-13,23-24H,7H2,1-6H3. The van der Waals surface area contributed by atoms with E-state index in [9.17, 15) is 9.50 Å². The van der Waals surface area contributed by atoms with Crippen LogP contribution in [-0.2, 0) is 10.6 Å². The number of aryl methyl sites for hydroxylation is 1. The van der Waals surface area contributed by atoms with E-state index in [-0.39, 0.29) is 25.0 Å². The van der Waals surface area contributed by atoms with Crippen LogP contribution >= 0.6 is 8.58 Å². The molecule has 0 saturated carbocycles. The Balaban J connectivity index is 2.58. The molecule has 0 amide bonds. The highest BCUT2D eigenvalue weighted by atomic mass is 31.1. The molecule has 0 spiro atoms. The van der Waals surface area contributed by atoms with Gasteiger partial charge in [-0.2, -0.15) is 0 Å². The van der Waals surface area contributed by atoms with Gasteiger partial charge in [-0.1, -0.05) is 79.1 Å². The van der Waals surface area contributed by atoms with E-state index in [2.05, 4.69) is 53.7 Å². The van der Waals surface area contributed by atoms with Gasteiger partial charge in [0, 0.05) is 16.0 Å². The van der Waals surface area contributed by atoms with Crippen LogP contribution in [0.2, 0.25) is 0 Å². The maximum atomic E-state index is 14.2. The summed E-state index contributed by atoms with van der Waals surface area (Å²) >= 11 is 0. The molecule has 24 heavy (non-hydrogen) atoms. The van der Waals surface area contributed by atoms with E-state index in [0.717, 1.165) is 28.4 Å². The van der Waals surface area contributed by atoms with E-state index in [1.807, 2.05) is 12.1 Å². The number of hydrogen-bond acceptors (Lipinski definition) is 1. The summed E-state index contributed by atoms with van der Waals surface area (Å²) in [5.74, 6) is 0.194. The van der Waals surface area contributed by atoms with Crippen LogP contribution in [0.3, 0.4) is 0 Å². The van der Waals surface area contributed by atoms with Crippen LogP contribution in [0.5, 0.6) is 5.75 Å². The Morgan fingerprint density at radius 3 is 2.17 bits per heavy atom. The van der Waals surface area contributed by atoms with Gasteiger partial charge < -0.3 is 5.11 Å². The first-order chi connectivity index (χ1) is 11.1. The molecule has 2 aromatic carbocycles. The van der Waals surface area contributed by atoms with E-state index in [0.29, 0.717) is 5.75 Å². The van der Waals surface area contributed by atoms with Gasteiger partial charge in [0.1, 0.15) is 11.6 Å². The SMILES string of the molecule is CCC(C)(Pc1ccccc1F)c1cc(C)cc(C(C)(C)C)c1O. The zero-order valence-electron chi connectivity index (χ0n) is 15.5. The van der Waals surface area contributed by atoms with Crippen molar-refractivity contribution in [2.24, 2.45) is 0 Å². The minimum absolute atomic E-state index is 0.138. The third-order valence-corrected chi connectivity index (χ3v) is 6.50. The van der Waals surface area contributed by atoms with Crippen molar-refractivity contribution in [1.29, 1.82) is 0 Å². The van der Waals surface area contributed by atoms with Crippen molar-refractivity contribution in [3.05, 3.63) is 58.9 Å². The predicted molar refractivity (Wildman–Crippen MR) is 104 cm³/mol. The molecule has 2 aromatic rings. The zero-order chi connectivity index (χ0) is 18.1. The molecule has 1 N–H and O–H groups in total. The van der Waals surface area contributed by atoms with Gasteiger partial charge in [0.25, 0.3) is 0 Å². The molecule has 0 saturated heterocycles. The number of halogens is 1. The summed E-state index contributed by atoms with van der Waals surface area (Å²) in [5, 5.41) is 11.4. The van der Waals surface area contributed by atoms with Crippen molar-refractivity contribution in [2.75, 3.05) is 0 Å². The van der Waals surface area contributed by atoms with Gasteiger partial charge >= 0.3 is 0 Å². The van der Waals surface area contributed by atoms with E-state index < -0.39 is 0 Å². The highest BCUT2D eigenvalue weighted by Crippen LogP contribution is 2.49. The van der Waals surface area contributed by atoms with Crippen molar-refractivity contribution in [3.63, 3.8) is 0 Å². The Morgan fingerprint density at radius 1 is 1.04 bits per heavy atom. The molecule has 0 aliphatic heterocycles. The van der Waals surface area contributed by atoms with Crippen LogP contribution < -0.4 is 5.30 Å². The van der Waals surface area contributed by atoms with Crippen molar-refractivity contribution in [3.8, 4) is 5.75 Å². The van der Waals surface area contributed by atoms with Crippen LogP contribution in [0.15, 0.2) is 36.4 Å². The van der Waals surface area contributed by atoms with Crippen LogP contribution in [0, 0.1) is 12.7 Å². The number of hydrogen-bond donors (Lipinski definition) is 1. The van der Waals surface area contributed by atoms with E-state index in [4.69, 9.17) is 0 Å². The summed E-state index contributed by atoms with van der Waals surface area (Å²) < 4.78 is 14.2. The van der Waals surface area contributed by atoms with Gasteiger partial charge in [-0.15, -0.1) is 0 Å². The lowest BCUT2D eigenvalue weighted by Gasteiger charge is -2.33. The van der Waals surface area contributed by atoms with Crippen molar-refractivity contribution < 1.29 is 9.50 Å². The fourth-order valence-corrected chi connectivity index (χ4v) is 4.46. The van der Waals surface area contributed by atoms with Gasteiger partial charge in [-0.05, 0) is 30.4 Å². The number of phenolic OH excluding ortho intramolecular Hbond substituents is 1. The Kier molecular flexibility index (Phi) is 5.40. The molecular weight excluding hydrogens is 318 g/mol. The minimum atomic E-state index is -0.293. The normalized spacial score (nSPS) is 15.0. The highest BCUT2D eigenvalue weighted by Gasteiger charge is 2.32. The maximum Gasteiger partial charge on any atom is 0.130 e. The number of aromatic hydroxyl groups is 1. The molecular formula is C21H28FOP. The fourth-order valence-electron chi connectivity index (χ4n) is 2.98. The Labute approximate surface area is 147 Å². The third kappa shape index (κ3) is 3.81. The first-order valence-electron chi connectivity index (χ1n) is 8.46. The van der Waals surface area contributed by atoms with Gasteiger partial charge in [0.15, 0.2) is 0 Å². The molecule has 0 heterocycles. The van der Waals surface area contributed by atoms with Crippen LogP contribution in [0.1, 0.15) is 57.7 Å². The summed E-state index contributed by atoms with van der Waals surface area (Å²) in [5.41, 5.74) is 2.87. The second-order valence-corrected chi connectivity index (χ2v) is 9.64. The quantitative estimate of drug-likeness (QED) is 0.697. The summed E-state index contributed by atoms with van der Waals surface area (Å²) in [6.07, 6.45) is 0.834. The fraction of sp³-hybridized carbons (Fsp3) is 0.429. The molecule has 0 radical (unpaired) electrons. The third-order valence-electron chi connectivity index (χ3n) is 4.65. The number of phenols is 1. The number of benzene rings is 2. The summed E-state index contributed by atoms with van der Waals surface area (Å²) in [6, 6.07) is 11.1. The molecule has 0 aliphatic rings. The lowest BCUT2D eigenvalue weighted by Crippen LogP contribution is -2.22. The second-order valence-electron chi connectivity index (χ2n) is 7.75. The monoisotopic (exact) mass is 346 g/mol. The Bertz CT molecular complexity index is 733. The molecule has 3 heteroatoms. The van der Waals surface area contributed by atoms with Crippen molar-refractivity contribution in [1.82, 2.24) is 0 Å². The molecule has 0 bridgehead atoms. The summed E-state index contributed by atoms with van der Waals surface area (Å²) in [7, 11) is 0.262. The molecule has 2 rings (SSSR count). The molecule has 1 nitrogen and oxygen atoms in total. The summed E-state index contributed by atoms with van der Waals surface area (Å²) in [6.45, 7) is 12.6. The lowest BCUT2D eigenvalue weighted by atomic mass is 9.82. The smallest absolute Gasteiger partial charge is 0.130 e. The minimum Gasteiger partial charge on any atom is -0.507 e. The van der Waals surface area contributed by atoms with E-state index in [1.54, 1.807) is 6.07 Å². The van der Waals surface area contributed by atoms with Gasteiger partial charge in [0.05, 0.1) is 0 Å². The molecule has 0 aromatic heterocycles. The van der Waals surface area contributed by atoms with E-state index >= 15 is 0 Å². The highest BCUT2D eigenvalue weighted by molar-refractivity contribution is 7.48. The first-order valence-corrected chi connectivity index (χ1v) is 9.46. The Hall–Kier alpha value is -1.40. The van der Waals surface area contributed by atoms with Crippen LogP contribution in [0.25, 0.3) is 0 Å². The molecule has 130 valence electrons. The maximum absolute atomic E-state index is 14.2. The average Bonchev–Trinajstić information content (AvgIpc) is 2.50. The molecule has 0 fully saturated rings. The summed E-state index contributed by atoms with van der Waals surface area (Å²) in [4.78, 5) is 0. The average molecular weight is 346 g/mol. The molecule has 2 unspecified atom stereocenters. The van der Waals surface area contributed by atoms with Crippen molar-refractivity contribution in [2.45, 2.75) is 58.5 Å². The van der Waals surface area contributed by atoms with Gasteiger partial charge in [-0.3, -0.25) is 0 Å². The molecule has 0 aliphatic carbocycles. The van der Waals surface area contributed by atoms with E-state index in [1.165, 1.54) is 6.07 Å². The van der Waals surface area contributed by atoms with Crippen LogP contribution in [-0.4, -0.2) is 5.11 Å².